The number of rotatable bonds is 4. The van der Waals surface area contributed by atoms with Crippen LogP contribution in [0, 0.1) is 6.92 Å². The molecule has 0 aromatic heterocycles. The molecule has 1 aromatic rings. The Kier molecular flexibility index (Phi) is 6.65. The first-order chi connectivity index (χ1) is 7.36. The Morgan fingerprint density at radius 1 is 1.47 bits per heavy atom. The van der Waals surface area contributed by atoms with E-state index in [9.17, 15) is 8.42 Å². The van der Waals surface area contributed by atoms with E-state index in [1.807, 2.05) is 6.92 Å². The molecule has 0 heterocycles. The summed E-state index contributed by atoms with van der Waals surface area (Å²) in [6, 6.07) is 4.82. The minimum atomic E-state index is -3.50. The predicted molar refractivity (Wildman–Crippen MR) is 75.0 cm³/mol. The summed E-state index contributed by atoms with van der Waals surface area (Å²) in [5.41, 5.74) is 6.38. The molecule has 0 saturated carbocycles. The van der Waals surface area contributed by atoms with Crippen molar-refractivity contribution in [2.75, 3.05) is 6.54 Å². The van der Waals surface area contributed by atoms with Gasteiger partial charge >= 0.3 is 0 Å². The van der Waals surface area contributed by atoms with Crippen LogP contribution in [0.3, 0.4) is 0 Å². The molecule has 0 unspecified atom stereocenters. The number of hydrogen-bond acceptors (Lipinski definition) is 3. The summed E-state index contributed by atoms with van der Waals surface area (Å²) in [6.45, 7) is 3.89. The van der Waals surface area contributed by atoms with Gasteiger partial charge in [-0.3, -0.25) is 0 Å². The second-order valence-corrected chi connectivity index (χ2v) is 6.23. The number of nitrogens with one attached hydrogen (secondary N) is 1. The molecule has 1 rings (SSSR count). The third kappa shape index (κ3) is 4.56. The van der Waals surface area contributed by atoms with Gasteiger partial charge in [-0.25, -0.2) is 13.1 Å². The third-order valence-corrected chi connectivity index (χ3v) is 4.65. The highest BCUT2D eigenvalue weighted by Gasteiger charge is 2.19. The van der Waals surface area contributed by atoms with E-state index in [4.69, 9.17) is 5.73 Å². The summed E-state index contributed by atoms with van der Waals surface area (Å²) in [6.07, 6.45) is 0. The molecule has 4 nitrogen and oxygen atoms in total. The summed E-state index contributed by atoms with van der Waals surface area (Å²) >= 11 is 3.24. The van der Waals surface area contributed by atoms with E-state index in [0.29, 0.717) is 4.47 Å². The maximum absolute atomic E-state index is 11.9. The van der Waals surface area contributed by atoms with Crippen LogP contribution >= 0.6 is 28.3 Å². The van der Waals surface area contributed by atoms with Gasteiger partial charge in [-0.15, -0.1) is 12.4 Å². The Balaban J connectivity index is 0.00000256. The number of hydrogen-bond donors (Lipinski definition) is 2. The van der Waals surface area contributed by atoms with Gasteiger partial charge < -0.3 is 5.73 Å². The lowest BCUT2D eigenvalue weighted by atomic mass is 10.2. The fraction of sp³-hybridized carbons (Fsp3) is 0.400. The average Bonchev–Trinajstić information content (AvgIpc) is 2.16. The van der Waals surface area contributed by atoms with E-state index in [1.165, 1.54) is 0 Å². The molecule has 0 saturated heterocycles. The summed E-state index contributed by atoms with van der Waals surface area (Å²) < 4.78 is 26.9. The monoisotopic (exact) mass is 342 g/mol. The molecule has 0 aliphatic heterocycles. The van der Waals surface area contributed by atoms with Crippen LogP contribution in [0.15, 0.2) is 27.6 Å². The van der Waals surface area contributed by atoms with Crippen molar-refractivity contribution in [1.82, 2.24) is 4.72 Å². The van der Waals surface area contributed by atoms with Crippen molar-refractivity contribution >= 4 is 38.4 Å². The van der Waals surface area contributed by atoms with E-state index in [1.54, 1.807) is 25.1 Å². The van der Waals surface area contributed by atoms with E-state index in [0.717, 1.165) is 5.56 Å². The van der Waals surface area contributed by atoms with E-state index < -0.39 is 10.0 Å². The van der Waals surface area contributed by atoms with E-state index >= 15 is 0 Å². The van der Waals surface area contributed by atoms with Crippen molar-refractivity contribution in [2.24, 2.45) is 5.73 Å². The maximum Gasteiger partial charge on any atom is 0.241 e. The zero-order valence-corrected chi connectivity index (χ0v) is 12.8. The minimum Gasteiger partial charge on any atom is -0.329 e. The SMILES string of the molecule is Cc1ccc(S(=O)(=O)N[C@@H](C)CN)c(Br)c1.Cl. The van der Waals surface area contributed by atoms with Gasteiger partial charge in [0.2, 0.25) is 10.0 Å². The van der Waals surface area contributed by atoms with Gasteiger partial charge in [0.1, 0.15) is 0 Å². The number of sulfonamides is 1. The van der Waals surface area contributed by atoms with Crippen LogP contribution < -0.4 is 10.5 Å². The average molecular weight is 344 g/mol. The van der Waals surface area contributed by atoms with Crippen LogP contribution in [-0.4, -0.2) is 21.0 Å². The summed E-state index contributed by atoms with van der Waals surface area (Å²) in [5.74, 6) is 0. The van der Waals surface area contributed by atoms with E-state index in [-0.39, 0.29) is 29.9 Å². The van der Waals surface area contributed by atoms with Gasteiger partial charge in [-0.1, -0.05) is 6.07 Å². The molecule has 0 spiro atoms. The molecule has 1 atom stereocenters. The number of halogens is 2. The molecule has 0 aliphatic carbocycles. The zero-order valence-electron chi connectivity index (χ0n) is 9.60. The molecule has 0 amide bonds. The van der Waals surface area contributed by atoms with Crippen molar-refractivity contribution in [3.63, 3.8) is 0 Å². The summed E-state index contributed by atoms with van der Waals surface area (Å²) in [5, 5.41) is 0. The van der Waals surface area contributed by atoms with Gasteiger partial charge in [0.25, 0.3) is 0 Å². The van der Waals surface area contributed by atoms with Crippen LogP contribution in [0.25, 0.3) is 0 Å². The predicted octanol–water partition coefficient (Wildman–Crippen LogP) is 1.80. The highest BCUT2D eigenvalue weighted by Crippen LogP contribution is 2.22. The van der Waals surface area contributed by atoms with Gasteiger partial charge in [0.15, 0.2) is 0 Å². The molecule has 3 N–H and O–H groups in total. The first kappa shape index (κ1) is 16.9. The van der Waals surface area contributed by atoms with Crippen molar-refractivity contribution in [2.45, 2.75) is 24.8 Å². The lowest BCUT2D eigenvalue weighted by Gasteiger charge is -2.13. The Bertz CT molecular complexity index is 479. The molecule has 0 fully saturated rings. The Hall–Kier alpha value is -0.140. The van der Waals surface area contributed by atoms with Crippen molar-refractivity contribution in [3.05, 3.63) is 28.2 Å². The molecule has 0 aliphatic rings. The molecular formula is C10H16BrClN2O2S. The topological polar surface area (TPSA) is 72.2 Å². The lowest BCUT2D eigenvalue weighted by Crippen LogP contribution is -2.37. The van der Waals surface area contributed by atoms with Crippen molar-refractivity contribution < 1.29 is 8.42 Å². The first-order valence-electron chi connectivity index (χ1n) is 4.85. The second kappa shape index (κ2) is 6.70. The van der Waals surface area contributed by atoms with Crippen LogP contribution in [0.4, 0.5) is 0 Å². The highest BCUT2D eigenvalue weighted by molar-refractivity contribution is 9.10. The zero-order chi connectivity index (χ0) is 12.3. The third-order valence-electron chi connectivity index (χ3n) is 2.09. The Morgan fingerprint density at radius 3 is 2.53 bits per heavy atom. The van der Waals surface area contributed by atoms with Crippen LogP contribution in [0.2, 0.25) is 0 Å². The van der Waals surface area contributed by atoms with Crippen molar-refractivity contribution in [3.8, 4) is 0 Å². The first-order valence-corrected chi connectivity index (χ1v) is 7.13. The molecule has 0 bridgehead atoms. The van der Waals surface area contributed by atoms with Crippen LogP contribution in [-0.2, 0) is 10.0 Å². The largest absolute Gasteiger partial charge is 0.329 e. The lowest BCUT2D eigenvalue weighted by molar-refractivity contribution is 0.562. The molecule has 0 radical (unpaired) electrons. The maximum atomic E-state index is 11.9. The normalized spacial score (nSPS) is 12.9. The van der Waals surface area contributed by atoms with Gasteiger partial charge in [-0.05, 0) is 47.5 Å². The number of benzene rings is 1. The van der Waals surface area contributed by atoms with Crippen molar-refractivity contribution in [1.29, 1.82) is 0 Å². The molecule has 1 aromatic carbocycles. The van der Waals surface area contributed by atoms with Crippen LogP contribution in [0.1, 0.15) is 12.5 Å². The van der Waals surface area contributed by atoms with Gasteiger partial charge in [-0.2, -0.15) is 0 Å². The molecule has 17 heavy (non-hydrogen) atoms. The second-order valence-electron chi connectivity index (χ2n) is 3.69. The number of nitrogens with two attached hydrogens (primary N) is 1. The Labute approximate surface area is 117 Å². The highest BCUT2D eigenvalue weighted by atomic mass is 79.9. The molecular weight excluding hydrogens is 328 g/mol. The van der Waals surface area contributed by atoms with Gasteiger partial charge in [0, 0.05) is 17.1 Å². The summed E-state index contributed by atoms with van der Waals surface area (Å²) in [4.78, 5) is 0.235. The molecule has 7 heteroatoms. The fourth-order valence-electron chi connectivity index (χ4n) is 1.20. The quantitative estimate of drug-likeness (QED) is 0.875. The van der Waals surface area contributed by atoms with Gasteiger partial charge in [0.05, 0.1) is 4.90 Å². The van der Waals surface area contributed by atoms with E-state index in [2.05, 4.69) is 20.7 Å². The summed E-state index contributed by atoms with van der Waals surface area (Å²) in [7, 11) is -3.50. The Morgan fingerprint density at radius 2 is 2.06 bits per heavy atom. The smallest absolute Gasteiger partial charge is 0.241 e. The number of aryl methyl sites for hydroxylation is 1. The fourth-order valence-corrected chi connectivity index (χ4v) is 3.65. The minimum absolute atomic E-state index is 0. The standard InChI is InChI=1S/C10H15BrN2O2S.ClH/c1-7-3-4-10(9(11)5-7)16(14,15)13-8(2)6-12;/h3-5,8,13H,6,12H2,1-2H3;1H/t8-;/m0./s1. The molecule has 98 valence electrons. The van der Waals surface area contributed by atoms with Crippen LogP contribution in [0.5, 0.6) is 0 Å².